The molecule has 0 aromatic carbocycles. The van der Waals surface area contributed by atoms with Crippen LogP contribution in [0.2, 0.25) is 0 Å². The second kappa shape index (κ2) is 19.5. The Labute approximate surface area is 160 Å². The molecule has 0 fully saturated rings. The molecule has 0 atom stereocenters. The second-order valence-corrected chi connectivity index (χ2v) is 6.14. The van der Waals surface area contributed by atoms with Gasteiger partial charge in [0.15, 0.2) is 0 Å². The van der Waals surface area contributed by atoms with E-state index in [-0.39, 0.29) is 12.5 Å². The normalized spacial score (nSPS) is 12.6. The van der Waals surface area contributed by atoms with Crippen molar-refractivity contribution >= 4 is 5.91 Å². The Kier molecular flexibility index (Phi) is 18.1. The summed E-state index contributed by atoms with van der Waals surface area (Å²) in [5, 5.41) is 8.79. The third-order valence-corrected chi connectivity index (χ3v) is 3.78. The van der Waals surface area contributed by atoms with E-state index in [0.717, 1.165) is 44.9 Å². The van der Waals surface area contributed by atoms with Crippen LogP contribution in [0.15, 0.2) is 60.8 Å². The monoisotopic (exact) mass is 359 g/mol. The van der Waals surface area contributed by atoms with Crippen molar-refractivity contribution in [1.29, 1.82) is 0 Å². The molecular formula is C23H37NO2. The molecule has 0 aliphatic carbocycles. The first-order valence-corrected chi connectivity index (χ1v) is 9.82. The highest BCUT2D eigenvalue weighted by molar-refractivity contribution is 5.75. The first-order chi connectivity index (χ1) is 12.7. The first-order valence-electron chi connectivity index (χ1n) is 9.82. The van der Waals surface area contributed by atoms with E-state index in [9.17, 15) is 4.79 Å². The number of likely N-dealkylation sites (N-methyl/N-ethyl adjacent to an activating group) is 1. The Morgan fingerprint density at radius 2 is 1.27 bits per heavy atom. The molecule has 0 unspecified atom stereocenters. The van der Waals surface area contributed by atoms with Gasteiger partial charge in [0.1, 0.15) is 0 Å². The van der Waals surface area contributed by atoms with Gasteiger partial charge in [0, 0.05) is 20.0 Å². The predicted octanol–water partition coefficient (Wildman–Crippen LogP) is 5.36. The van der Waals surface area contributed by atoms with Gasteiger partial charge in [-0.15, -0.1) is 0 Å². The molecule has 1 N–H and O–H groups in total. The number of allylic oxidation sites excluding steroid dienone is 10. The fraction of sp³-hybridized carbons (Fsp3) is 0.522. The van der Waals surface area contributed by atoms with E-state index in [0.29, 0.717) is 13.0 Å². The second-order valence-electron chi connectivity index (χ2n) is 6.14. The Balaban J connectivity index is 3.57. The highest BCUT2D eigenvalue weighted by Crippen LogP contribution is 2.01. The highest BCUT2D eigenvalue weighted by Gasteiger charge is 2.05. The summed E-state index contributed by atoms with van der Waals surface area (Å²) in [6, 6.07) is 0. The zero-order valence-corrected chi connectivity index (χ0v) is 16.6. The number of aliphatic hydroxyl groups excluding tert-OH is 1. The minimum absolute atomic E-state index is 0.0248. The van der Waals surface area contributed by atoms with Gasteiger partial charge in [-0.05, 0) is 44.9 Å². The van der Waals surface area contributed by atoms with Crippen molar-refractivity contribution in [3.63, 3.8) is 0 Å². The smallest absolute Gasteiger partial charge is 0.222 e. The zero-order chi connectivity index (χ0) is 19.3. The summed E-state index contributed by atoms with van der Waals surface area (Å²) in [6.07, 6.45) is 29.2. The van der Waals surface area contributed by atoms with Gasteiger partial charge >= 0.3 is 0 Å². The lowest BCUT2D eigenvalue weighted by molar-refractivity contribution is -0.130. The average molecular weight is 360 g/mol. The molecule has 0 saturated heterocycles. The molecule has 0 rings (SSSR count). The van der Waals surface area contributed by atoms with Gasteiger partial charge in [-0.25, -0.2) is 0 Å². The summed E-state index contributed by atoms with van der Waals surface area (Å²) in [7, 11) is 1.73. The average Bonchev–Trinajstić information content (AvgIpc) is 2.64. The highest BCUT2D eigenvalue weighted by atomic mass is 16.3. The molecule has 0 aromatic rings. The number of rotatable bonds is 15. The molecule has 0 aromatic heterocycles. The van der Waals surface area contributed by atoms with Crippen LogP contribution in [0.3, 0.4) is 0 Å². The van der Waals surface area contributed by atoms with Crippen LogP contribution in [0.4, 0.5) is 0 Å². The van der Waals surface area contributed by atoms with Crippen LogP contribution in [0.5, 0.6) is 0 Å². The molecule has 0 bridgehead atoms. The largest absolute Gasteiger partial charge is 0.395 e. The van der Waals surface area contributed by atoms with Crippen LogP contribution in [0.1, 0.15) is 58.3 Å². The van der Waals surface area contributed by atoms with E-state index in [4.69, 9.17) is 5.11 Å². The van der Waals surface area contributed by atoms with Gasteiger partial charge < -0.3 is 10.0 Å². The molecule has 0 aliphatic rings. The SMILES string of the molecule is CCC=CCC=CCC=CCC=CCC=CCCCC(=O)N(C)CCO. The fourth-order valence-electron chi connectivity index (χ4n) is 2.21. The van der Waals surface area contributed by atoms with Crippen molar-refractivity contribution in [2.24, 2.45) is 0 Å². The molecule has 26 heavy (non-hydrogen) atoms. The molecule has 0 spiro atoms. The number of nitrogens with zero attached hydrogens (tertiary/aromatic N) is 1. The van der Waals surface area contributed by atoms with Crippen LogP contribution >= 0.6 is 0 Å². The quantitative estimate of drug-likeness (QED) is 0.316. The third-order valence-electron chi connectivity index (χ3n) is 3.78. The van der Waals surface area contributed by atoms with Gasteiger partial charge in [-0.3, -0.25) is 4.79 Å². The summed E-state index contributed by atoms with van der Waals surface area (Å²) >= 11 is 0. The van der Waals surface area contributed by atoms with Crippen LogP contribution < -0.4 is 0 Å². The van der Waals surface area contributed by atoms with E-state index < -0.39 is 0 Å². The maximum absolute atomic E-state index is 11.7. The van der Waals surface area contributed by atoms with E-state index in [1.165, 1.54) is 0 Å². The van der Waals surface area contributed by atoms with E-state index in [1.54, 1.807) is 11.9 Å². The van der Waals surface area contributed by atoms with Crippen molar-refractivity contribution < 1.29 is 9.90 Å². The lowest BCUT2D eigenvalue weighted by atomic mass is 10.2. The van der Waals surface area contributed by atoms with Gasteiger partial charge in [-0.2, -0.15) is 0 Å². The van der Waals surface area contributed by atoms with Crippen molar-refractivity contribution in [2.45, 2.75) is 58.3 Å². The fourth-order valence-corrected chi connectivity index (χ4v) is 2.21. The molecule has 0 saturated carbocycles. The minimum atomic E-state index is 0.0248. The molecular weight excluding hydrogens is 322 g/mol. The summed E-state index contributed by atoms with van der Waals surface area (Å²) < 4.78 is 0. The summed E-state index contributed by atoms with van der Waals surface area (Å²) in [5.74, 6) is 0.103. The van der Waals surface area contributed by atoms with Gasteiger partial charge in [-0.1, -0.05) is 67.7 Å². The first kappa shape index (κ1) is 24.1. The molecule has 146 valence electrons. The van der Waals surface area contributed by atoms with Crippen LogP contribution in [-0.4, -0.2) is 36.1 Å². The molecule has 0 heterocycles. The summed E-state index contributed by atoms with van der Waals surface area (Å²) in [6.45, 7) is 2.59. The van der Waals surface area contributed by atoms with Crippen LogP contribution in [0.25, 0.3) is 0 Å². The maximum Gasteiger partial charge on any atom is 0.222 e. The number of hydrogen-bond donors (Lipinski definition) is 1. The molecule has 0 radical (unpaired) electrons. The van der Waals surface area contributed by atoms with E-state index in [2.05, 4.69) is 67.7 Å². The Morgan fingerprint density at radius 1 is 0.808 bits per heavy atom. The number of amides is 1. The summed E-state index contributed by atoms with van der Waals surface area (Å²) in [4.78, 5) is 13.2. The van der Waals surface area contributed by atoms with Gasteiger partial charge in [0.05, 0.1) is 6.61 Å². The number of carbonyl (C=O) groups excluding carboxylic acids is 1. The van der Waals surface area contributed by atoms with Gasteiger partial charge in [0.2, 0.25) is 5.91 Å². The zero-order valence-electron chi connectivity index (χ0n) is 16.6. The number of hydrogen-bond acceptors (Lipinski definition) is 2. The molecule has 1 amide bonds. The third kappa shape index (κ3) is 17.0. The van der Waals surface area contributed by atoms with Crippen molar-refractivity contribution in [1.82, 2.24) is 4.90 Å². The number of carbonyl (C=O) groups is 1. The Morgan fingerprint density at radius 3 is 1.73 bits per heavy atom. The summed E-state index contributed by atoms with van der Waals surface area (Å²) in [5.41, 5.74) is 0. The lowest BCUT2D eigenvalue weighted by Crippen LogP contribution is -2.29. The lowest BCUT2D eigenvalue weighted by Gasteiger charge is -2.14. The number of aliphatic hydroxyl groups is 1. The van der Waals surface area contributed by atoms with Crippen molar-refractivity contribution in [2.75, 3.05) is 20.2 Å². The Hall–Kier alpha value is -1.87. The van der Waals surface area contributed by atoms with E-state index in [1.807, 2.05) is 0 Å². The van der Waals surface area contributed by atoms with E-state index >= 15 is 0 Å². The van der Waals surface area contributed by atoms with Crippen molar-refractivity contribution in [3.8, 4) is 0 Å². The molecule has 3 heteroatoms. The molecule has 0 aliphatic heterocycles. The van der Waals surface area contributed by atoms with Crippen LogP contribution in [0, 0.1) is 0 Å². The number of unbranched alkanes of at least 4 members (excludes halogenated alkanes) is 1. The topological polar surface area (TPSA) is 40.5 Å². The Bertz CT molecular complexity index is 473. The minimum Gasteiger partial charge on any atom is -0.395 e. The predicted molar refractivity (Wildman–Crippen MR) is 113 cm³/mol. The van der Waals surface area contributed by atoms with Gasteiger partial charge in [0.25, 0.3) is 0 Å². The molecule has 3 nitrogen and oxygen atoms in total. The standard InChI is InChI=1S/C23H37NO2/c1-3-4-5-6-7-8-9-10-11-12-13-14-15-16-17-18-19-20-23(26)24(2)21-22-25/h4-5,7-8,10-11,13-14,16-17,25H,3,6,9,12,15,18-22H2,1-2H3. The van der Waals surface area contributed by atoms with Crippen molar-refractivity contribution in [3.05, 3.63) is 60.8 Å². The maximum atomic E-state index is 11.7. The van der Waals surface area contributed by atoms with Crippen LogP contribution in [-0.2, 0) is 4.79 Å².